The number of hydrogen-bond acceptors (Lipinski definition) is 8. The van der Waals surface area contributed by atoms with Gasteiger partial charge in [0.1, 0.15) is 30.4 Å². The SMILES string of the molecule is O=C(CCCN1CC(Oc2ccc(OC(F)(F)F)cc2)C1)N[C@@H]1COc2nc([N+](=O)[O-])cn2C1. The maximum Gasteiger partial charge on any atom is 0.573 e. The Morgan fingerprint density at radius 2 is 1.94 bits per heavy atom. The molecule has 14 heteroatoms. The normalized spacial score (nSPS) is 18.4. The minimum absolute atomic E-state index is 0.0731. The van der Waals surface area contributed by atoms with E-state index in [9.17, 15) is 28.1 Å². The topological polar surface area (TPSA) is 121 Å². The van der Waals surface area contributed by atoms with E-state index in [-0.39, 0.29) is 42.2 Å². The van der Waals surface area contributed by atoms with Gasteiger partial charge in [0.05, 0.1) is 12.6 Å². The number of hydrogen-bond donors (Lipinski definition) is 1. The van der Waals surface area contributed by atoms with E-state index in [1.54, 1.807) is 0 Å². The summed E-state index contributed by atoms with van der Waals surface area (Å²) in [5.74, 6) is -0.285. The average Bonchev–Trinajstić information content (AvgIpc) is 3.16. The number of alkyl halides is 3. The molecule has 1 aromatic carbocycles. The first-order chi connectivity index (χ1) is 16.1. The Morgan fingerprint density at radius 1 is 1.24 bits per heavy atom. The number of nitrogens with one attached hydrogen (secondary N) is 1. The molecule has 0 unspecified atom stereocenters. The fraction of sp³-hybridized carbons (Fsp3) is 0.500. The Hall–Kier alpha value is -3.55. The third kappa shape index (κ3) is 6.27. The third-order valence-corrected chi connectivity index (χ3v) is 5.27. The smallest absolute Gasteiger partial charge is 0.488 e. The summed E-state index contributed by atoms with van der Waals surface area (Å²) < 4.78 is 53.0. The summed E-state index contributed by atoms with van der Waals surface area (Å²) in [4.78, 5) is 28.3. The molecule has 4 rings (SSSR count). The lowest BCUT2D eigenvalue weighted by Gasteiger charge is -2.39. The summed E-state index contributed by atoms with van der Waals surface area (Å²) in [7, 11) is 0. The van der Waals surface area contributed by atoms with Crippen LogP contribution in [0.2, 0.25) is 0 Å². The number of benzene rings is 1. The Kier molecular flexibility index (Phi) is 6.77. The van der Waals surface area contributed by atoms with Gasteiger partial charge < -0.3 is 29.6 Å². The van der Waals surface area contributed by atoms with Crippen molar-refractivity contribution in [3.63, 3.8) is 0 Å². The van der Waals surface area contributed by atoms with Crippen molar-refractivity contribution in [2.75, 3.05) is 26.2 Å². The van der Waals surface area contributed by atoms with E-state index in [0.717, 1.165) is 0 Å². The molecule has 2 aliphatic rings. The van der Waals surface area contributed by atoms with Crippen LogP contribution in [-0.4, -0.2) is 70.0 Å². The van der Waals surface area contributed by atoms with Crippen molar-refractivity contribution in [3.8, 4) is 17.5 Å². The zero-order valence-electron chi connectivity index (χ0n) is 17.9. The second-order valence-corrected chi connectivity index (χ2v) is 7.99. The molecular formula is C20H22F3N5O6. The number of fused-ring (bicyclic) bond motifs is 1. The average molecular weight is 485 g/mol. The summed E-state index contributed by atoms with van der Waals surface area (Å²) in [6, 6.07) is 5.11. The minimum Gasteiger partial charge on any atom is -0.488 e. The second kappa shape index (κ2) is 9.75. The van der Waals surface area contributed by atoms with Crippen LogP contribution in [0, 0.1) is 10.1 Å². The van der Waals surface area contributed by atoms with Gasteiger partial charge in [-0.25, -0.2) is 0 Å². The summed E-state index contributed by atoms with van der Waals surface area (Å²) in [6.07, 6.45) is -2.57. The molecule has 0 spiro atoms. The third-order valence-electron chi connectivity index (χ3n) is 5.27. The lowest BCUT2D eigenvalue weighted by molar-refractivity contribution is -0.389. The number of nitro groups is 1. The Balaban J connectivity index is 1.10. The molecule has 0 radical (unpaired) electrons. The van der Waals surface area contributed by atoms with E-state index < -0.39 is 11.3 Å². The Bertz CT molecular complexity index is 1020. The lowest BCUT2D eigenvalue weighted by Crippen LogP contribution is -2.54. The fourth-order valence-electron chi connectivity index (χ4n) is 3.73. The molecule has 1 aromatic heterocycles. The van der Waals surface area contributed by atoms with Gasteiger partial charge in [-0.15, -0.1) is 13.2 Å². The lowest BCUT2D eigenvalue weighted by atomic mass is 10.1. The van der Waals surface area contributed by atoms with Gasteiger partial charge in [0.2, 0.25) is 5.91 Å². The highest BCUT2D eigenvalue weighted by atomic mass is 19.4. The molecule has 1 amide bonds. The van der Waals surface area contributed by atoms with Gasteiger partial charge in [0, 0.05) is 24.5 Å². The Labute approximate surface area is 191 Å². The van der Waals surface area contributed by atoms with Gasteiger partial charge in [-0.05, 0) is 42.2 Å². The molecule has 1 N–H and O–H groups in total. The molecule has 0 aliphatic carbocycles. The quantitative estimate of drug-likeness (QED) is 0.424. The minimum atomic E-state index is -4.73. The summed E-state index contributed by atoms with van der Waals surface area (Å²) >= 11 is 0. The molecule has 184 valence electrons. The monoisotopic (exact) mass is 485 g/mol. The number of carbonyl (C=O) groups is 1. The van der Waals surface area contributed by atoms with Gasteiger partial charge in [0.15, 0.2) is 0 Å². The molecule has 2 aliphatic heterocycles. The van der Waals surface area contributed by atoms with Crippen molar-refractivity contribution in [3.05, 3.63) is 40.6 Å². The molecule has 3 heterocycles. The highest BCUT2D eigenvalue weighted by Crippen LogP contribution is 2.26. The first-order valence-corrected chi connectivity index (χ1v) is 10.5. The zero-order valence-corrected chi connectivity index (χ0v) is 17.9. The number of ether oxygens (including phenoxy) is 3. The van der Waals surface area contributed by atoms with Crippen LogP contribution in [0.1, 0.15) is 12.8 Å². The van der Waals surface area contributed by atoms with E-state index in [1.165, 1.54) is 35.0 Å². The van der Waals surface area contributed by atoms with Gasteiger partial charge >= 0.3 is 18.2 Å². The van der Waals surface area contributed by atoms with E-state index >= 15 is 0 Å². The predicted molar refractivity (Wildman–Crippen MR) is 110 cm³/mol. The van der Waals surface area contributed by atoms with Gasteiger partial charge in [-0.2, -0.15) is 0 Å². The fourth-order valence-corrected chi connectivity index (χ4v) is 3.73. The van der Waals surface area contributed by atoms with Crippen molar-refractivity contribution in [2.45, 2.75) is 37.9 Å². The Morgan fingerprint density at radius 3 is 2.62 bits per heavy atom. The summed E-state index contributed by atoms with van der Waals surface area (Å²) in [6.45, 7) is 2.54. The molecular weight excluding hydrogens is 463 g/mol. The zero-order chi connectivity index (χ0) is 24.3. The van der Waals surface area contributed by atoms with E-state index in [4.69, 9.17) is 9.47 Å². The molecule has 34 heavy (non-hydrogen) atoms. The van der Waals surface area contributed by atoms with Gasteiger partial charge in [-0.1, -0.05) is 0 Å². The van der Waals surface area contributed by atoms with Crippen LogP contribution in [0.3, 0.4) is 0 Å². The van der Waals surface area contributed by atoms with Crippen LogP contribution in [0.5, 0.6) is 17.5 Å². The number of likely N-dealkylation sites (tertiary alicyclic amines) is 1. The summed E-state index contributed by atoms with van der Waals surface area (Å²) in [5, 5.41) is 13.7. The van der Waals surface area contributed by atoms with Crippen molar-refractivity contribution >= 4 is 11.7 Å². The molecule has 1 saturated heterocycles. The van der Waals surface area contributed by atoms with Crippen LogP contribution >= 0.6 is 0 Å². The van der Waals surface area contributed by atoms with Crippen molar-refractivity contribution in [1.82, 2.24) is 19.8 Å². The van der Waals surface area contributed by atoms with Crippen LogP contribution in [-0.2, 0) is 11.3 Å². The van der Waals surface area contributed by atoms with Crippen LogP contribution < -0.4 is 19.5 Å². The van der Waals surface area contributed by atoms with Crippen LogP contribution in [0.15, 0.2) is 30.5 Å². The highest BCUT2D eigenvalue weighted by molar-refractivity contribution is 5.76. The van der Waals surface area contributed by atoms with Crippen LogP contribution in [0.25, 0.3) is 0 Å². The van der Waals surface area contributed by atoms with E-state index in [1.807, 2.05) is 0 Å². The van der Waals surface area contributed by atoms with E-state index in [0.29, 0.717) is 44.8 Å². The van der Waals surface area contributed by atoms with Gasteiger partial charge in [-0.3, -0.25) is 14.3 Å². The number of imidazole rings is 1. The van der Waals surface area contributed by atoms with Gasteiger partial charge in [0.25, 0.3) is 0 Å². The van der Waals surface area contributed by atoms with Crippen molar-refractivity contribution in [2.24, 2.45) is 0 Å². The summed E-state index contributed by atoms with van der Waals surface area (Å²) in [5.41, 5.74) is 0. The molecule has 2 aromatic rings. The van der Waals surface area contributed by atoms with Crippen LogP contribution in [0.4, 0.5) is 19.0 Å². The van der Waals surface area contributed by atoms with E-state index in [2.05, 4.69) is 19.9 Å². The molecule has 0 saturated carbocycles. The standard InChI is InChI=1S/C20H22F3N5O6/c21-20(22,23)34-15-5-3-14(4-6-15)33-16-9-26(10-16)7-1-2-18(29)24-13-8-27-11-17(28(30)31)25-19(27)32-12-13/h3-6,11,13,16H,1-2,7-10,12H2,(H,24,29)/t13-/m0/s1. The number of amides is 1. The molecule has 0 bridgehead atoms. The molecule has 1 fully saturated rings. The highest BCUT2D eigenvalue weighted by Gasteiger charge is 2.32. The first kappa shape index (κ1) is 23.6. The second-order valence-electron chi connectivity index (χ2n) is 7.99. The maximum atomic E-state index is 12.2. The number of aromatic nitrogens is 2. The number of nitrogens with zero attached hydrogens (tertiary/aromatic N) is 4. The van der Waals surface area contributed by atoms with Crippen molar-refractivity contribution in [1.29, 1.82) is 0 Å². The largest absolute Gasteiger partial charge is 0.573 e. The molecule has 1 atom stereocenters. The predicted octanol–water partition coefficient (Wildman–Crippen LogP) is 2.11. The first-order valence-electron chi connectivity index (χ1n) is 10.5. The number of halogens is 3. The molecule has 11 nitrogen and oxygen atoms in total. The van der Waals surface area contributed by atoms with Crippen molar-refractivity contribution < 1.29 is 37.1 Å². The maximum absolute atomic E-state index is 12.2. The number of rotatable bonds is 9. The number of carbonyl (C=O) groups excluding carboxylic acids is 1.